The third-order valence-electron chi connectivity index (χ3n) is 2.52. The molecule has 1 rings (SSSR count). The molecule has 1 atom stereocenters. The van der Waals surface area contributed by atoms with Crippen molar-refractivity contribution < 1.29 is 19.4 Å². The van der Waals surface area contributed by atoms with Crippen molar-refractivity contribution in [1.29, 1.82) is 0 Å². The number of nitrogens with one attached hydrogen (secondary N) is 1. The molecule has 19 heavy (non-hydrogen) atoms. The topological polar surface area (TPSA) is 102 Å². The van der Waals surface area contributed by atoms with Gasteiger partial charge in [0.1, 0.15) is 11.9 Å². The Bertz CT molecular complexity index is 474. The number of nitrogens with two attached hydrogens (primary N) is 1. The first-order valence-electron chi connectivity index (χ1n) is 5.84. The van der Waals surface area contributed by atoms with Gasteiger partial charge in [-0.3, -0.25) is 9.59 Å². The predicted octanol–water partition coefficient (Wildman–Crippen LogP) is -0.355. The van der Waals surface area contributed by atoms with Crippen LogP contribution in [0.2, 0.25) is 0 Å². The number of hydrogen-bond acceptors (Lipinski definition) is 4. The van der Waals surface area contributed by atoms with Gasteiger partial charge in [-0.15, -0.1) is 0 Å². The maximum atomic E-state index is 11.4. The number of aliphatic hydroxyl groups excluding tert-OH is 1. The fraction of sp³-hybridized carbons (Fsp3) is 0.385. The number of amides is 2. The number of ether oxygens (including phenoxy) is 1. The van der Waals surface area contributed by atoms with Crippen molar-refractivity contribution in [2.45, 2.75) is 20.0 Å². The van der Waals surface area contributed by atoms with E-state index in [9.17, 15) is 9.59 Å². The van der Waals surface area contributed by atoms with Crippen LogP contribution in [0, 0.1) is 13.8 Å². The molecule has 0 spiro atoms. The molecule has 0 saturated heterocycles. The zero-order valence-electron chi connectivity index (χ0n) is 11.0. The Morgan fingerprint density at radius 2 is 2.11 bits per heavy atom. The van der Waals surface area contributed by atoms with E-state index in [4.69, 9.17) is 15.6 Å². The maximum absolute atomic E-state index is 11.4. The van der Waals surface area contributed by atoms with Gasteiger partial charge in [0.15, 0.2) is 6.61 Å². The van der Waals surface area contributed by atoms with Gasteiger partial charge in [-0.05, 0) is 31.0 Å². The smallest absolute Gasteiger partial charge is 0.258 e. The van der Waals surface area contributed by atoms with Crippen LogP contribution >= 0.6 is 0 Å². The first kappa shape index (κ1) is 15.0. The molecule has 0 aliphatic carbocycles. The van der Waals surface area contributed by atoms with Crippen molar-refractivity contribution in [3.63, 3.8) is 0 Å². The first-order valence-corrected chi connectivity index (χ1v) is 5.84. The summed E-state index contributed by atoms with van der Waals surface area (Å²) in [6.45, 7) is 3.40. The van der Waals surface area contributed by atoms with Crippen molar-refractivity contribution in [2.75, 3.05) is 13.2 Å². The van der Waals surface area contributed by atoms with Crippen molar-refractivity contribution >= 4 is 11.8 Å². The summed E-state index contributed by atoms with van der Waals surface area (Å²) in [5.41, 5.74) is 6.81. The number of aliphatic hydroxyl groups is 1. The molecule has 6 nitrogen and oxygen atoms in total. The Morgan fingerprint density at radius 3 is 2.74 bits per heavy atom. The Morgan fingerprint density at radius 1 is 1.42 bits per heavy atom. The van der Waals surface area contributed by atoms with Gasteiger partial charge < -0.3 is 20.9 Å². The Hall–Kier alpha value is -2.08. The highest BCUT2D eigenvalue weighted by Gasteiger charge is 2.12. The molecule has 0 bridgehead atoms. The summed E-state index contributed by atoms with van der Waals surface area (Å²) in [6.07, 6.45) is -1.38. The van der Waals surface area contributed by atoms with Gasteiger partial charge in [0.05, 0.1) is 6.54 Å². The van der Waals surface area contributed by atoms with E-state index in [1.54, 1.807) is 0 Å². The highest BCUT2D eigenvalue weighted by atomic mass is 16.5. The normalized spacial score (nSPS) is 11.7. The van der Waals surface area contributed by atoms with Crippen molar-refractivity contribution in [3.05, 3.63) is 29.3 Å². The zero-order valence-corrected chi connectivity index (χ0v) is 11.0. The molecule has 1 unspecified atom stereocenters. The van der Waals surface area contributed by atoms with E-state index >= 15 is 0 Å². The third-order valence-corrected chi connectivity index (χ3v) is 2.52. The van der Waals surface area contributed by atoms with E-state index in [-0.39, 0.29) is 13.2 Å². The summed E-state index contributed by atoms with van der Waals surface area (Å²) < 4.78 is 5.36. The zero-order chi connectivity index (χ0) is 14.4. The number of carbonyl (C=O) groups is 2. The Balaban J connectivity index is 2.42. The van der Waals surface area contributed by atoms with E-state index in [1.807, 2.05) is 32.0 Å². The van der Waals surface area contributed by atoms with Crippen LogP contribution in [0.25, 0.3) is 0 Å². The second-order valence-corrected chi connectivity index (χ2v) is 4.28. The summed E-state index contributed by atoms with van der Waals surface area (Å²) in [4.78, 5) is 22.0. The van der Waals surface area contributed by atoms with Crippen LogP contribution in [0.15, 0.2) is 18.2 Å². The number of hydrogen-bond donors (Lipinski definition) is 3. The lowest BCUT2D eigenvalue weighted by molar-refractivity contribution is -0.127. The summed E-state index contributed by atoms with van der Waals surface area (Å²) in [5, 5.41) is 11.5. The lowest BCUT2D eigenvalue weighted by Crippen LogP contribution is -2.41. The fourth-order valence-electron chi connectivity index (χ4n) is 1.37. The summed E-state index contributed by atoms with van der Waals surface area (Å²) in [6, 6.07) is 5.69. The molecular weight excluding hydrogens is 248 g/mol. The molecule has 4 N–H and O–H groups in total. The predicted molar refractivity (Wildman–Crippen MR) is 69.6 cm³/mol. The molecule has 0 fully saturated rings. The second kappa shape index (κ2) is 6.75. The minimum atomic E-state index is -1.38. The molecule has 0 saturated carbocycles. The average molecular weight is 266 g/mol. The minimum absolute atomic E-state index is 0.185. The fourth-order valence-corrected chi connectivity index (χ4v) is 1.37. The lowest BCUT2D eigenvalue weighted by Gasteiger charge is -2.11. The number of benzene rings is 1. The van der Waals surface area contributed by atoms with Crippen LogP contribution in [0.1, 0.15) is 11.1 Å². The largest absolute Gasteiger partial charge is 0.483 e. The van der Waals surface area contributed by atoms with Crippen molar-refractivity contribution in [2.24, 2.45) is 5.73 Å². The highest BCUT2D eigenvalue weighted by Crippen LogP contribution is 2.18. The average Bonchev–Trinajstić information content (AvgIpc) is 2.36. The van der Waals surface area contributed by atoms with Gasteiger partial charge in [0.2, 0.25) is 5.91 Å². The van der Waals surface area contributed by atoms with Gasteiger partial charge in [-0.25, -0.2) is 0 Å². The van der Waals surface area contributed by atoms with Crippen LogP contribution in [0.5, 0.6) is 5.75 Å². The number of rotatable bonds is 6. The van der Waals surface area contributed by atoms with Crippen LogP contribution in [-0.4, -0.2) is 36.2 Å². The van der Waals surface area contributed by atoms with E-state index in [0.29, 0.717) is 5.75 Å². The summed E-state index contributed by atoms with van der Waals surface area (Å²) in [5.74, 6) is -0.678. The molecule has 0 radical (unpaired) electrons. The molecule has 0 aliphatic heterocycles. The van der Waals surface area contributed by atoms with Crippen LogP contribution in [-0.2, 0) is 9.59 Å². The molecule has 1 aromatic rings. The van der Waals surface area contributed by atoms with E-state index in [0.717, 1.165) is 11.1 Å². The van der Waals surface area contributed by atoms with Gasteiger partial charge in [-0.1, -0.05) is 12.1 Å². The summed E-state index contributed by atoms with van der Waals surface area (Å²) >= 11 is 0. The summed E-state index contributed by atoms with van der Waals surface area (Å²) in [7, 11) is 0. The monoisotopic (exact) mass is 266 g/mol. The van der Waals surface area contributed by atoms with E-state index < -0.39 is 17.9 Å². The van der Waals surface area contributed by atoms with Crippen molar-refractivity contribution in [3.8, 4) is 5.75 Å². The molecular formula is C13H18N2O4. The molecule has 2 amide bonds. The van der Waals surface area contributed by atoms with Gasteiger partial charge in [0.25, 0.3) is 5.91 Å². The number of aryl methyl sites for hydroxylation is 2. The Labute approximate surface area is 111 Å². The van der Waals surface area contributed by atoms with Crippen molar-refractivity contribution in [1.82, 2.24) is 5.32 Å². The van der Waals surface area contributed by atoms with E-state index in [2.05, 4.69) is 5.32 Å². The lowest BCUT2D eigenvalue weighted by atomic mass is 10.1. The van der Waals surface area contributed by atoms with Gasteiger partial charge in [0, 0.05) is 0 Å². The molecule has 0 heterocycles. The first-order chi connectivity index (χ1) is 8.90. The van der Waals surface area contributed by atoms with Gasteiger partial charge >= 0.3 is 0 Å². The number of primary amides is 1. The number of carbonyl (C=O) groups excluding carboxylic acids is 2. The van der Waals surface area contributed by atoms with Crippen LogP contribution in [0.3, 0.4) is 0 Å². The highest BCUT2D eigenvalue weighted by molar-refractivity contribution is 5.81. The van der Waals surface area contributed by atoms with Crippen LogP contribution < -0.4 is 15.8 Å². The Kier molecular flexibility index (Phi) is 5.32. The molecule has 1 aromatic carbocycles. The molecule has 6 heteroatoms. The second-order valence-electron chi connectivity index (χ2n) is 4.28. The molecule has 0 aromatic heterocycles. The van der Waals surface area contributed by atoms with Crippen LogP contribution in [0.4, 0.5) is 0 Å². The minimum Gasteiger partial charge on any atom is -0.483 e. The quantitative estimate of drug-likeness (QED) is 0.654. The van der Waals surface area contributed by atoms with E-state index in [1.165, 1.54) is 0 Å². The third kappa shape index (κ3) is 4.97. The standard InChI is InChI=1S/C13H18N2O4/c1-8-3-4-9(2)11(5-8)19-7-12(17)15-6-10(16)13(14)18/h3-5,10,16H,6-7H2,1-2H3,(H2,14,18)(H,15,17). The SMILES string of the molecule is Cc1ccc(C)c(OCC(=O)NCC(O)C(N)=O)c1. The van der Waals surface area contributed by atoms with Gasteiger partial charge in [-0.2, -0.15) is 0 Å². The molecule has 0 aliphatic rings. The molecule has 104 valence electrons. The maximum Gasteiger partial charge on any atom is 0.258 e.